The van der Waals surface area contributed by atoms with Crippen molar-refractivity contribution in [2.24, 2.45) is 0 Å². The maximum absolute atomic E-state index is 12.0. The van der Waals surface area contributed by atoms with E-state index >= 15 is 0 Å². The molecule has 1 amide bonds. The zero-order chi connectivity index (χ0) is 13.2. The van der Waals surface area contributed by atoms with Crippen LogP contribution in [0.1, 0.15) is 18.4 Å². The molecule has 0 unspecified atom stereocenters. The van der Waals surface area contributed by atoms with Crippen molar-refractivity contribution in [1.82, 2.24) is 5.32 Å². The van der Waals surface area contributed by atoms with Gasteiger partial charge in [0.15, 0.2) is 0 Å². The summed E-state index contributed by atoms with van der Waals surface area (Å²) in [5.41, 5.74) is 0.369. The van der Waals surface area contributed by atoms with Crippen LogP contribution in [0.15, 0.2) is 24.3 Å². The number of hydrogen-bond acceptors (Lipinski definition) is 3. The van der Waals surface area contributed by atoms with E-state index in [4.69, 9.17) is 9.84 Å². The van der Waals surface area contributed by atoms with E-state index < -0.39 is 11.4 Å². The molecular weight excluding hydrogens is 234 g/mol. The molecule has 5 heteroatoms. The summed E-state index contributed by atoms with van der Waals surface area (Å²) in [5, 5.41) is 11.0. The van der Waals surface area contributed by atoms with Gasteiger partial charge < -0.3 is 15.2 Å². The summed E-state index contributed by atoms with van der Waals surface area (Å²) in [5.74, 6) is -0.510. The lowest BCUT2D eigenvalue weighted by Gasteiger charge is -2.15. The van der Waals surface area contributed by atoms with Crippen LogP contribution in [0.25, 0.3) is 0 Å². The third-order valence-corrected chi connectivity index (χ3v) is 3.23. The Morgan fingerprint density at radius 3 is 2.39 bits per heavy atom. The first-order chi connectivity index (χ1) is 8.58. The monoisotopic (exact) mass is 249 g/mol. The summed E-state index contributed by atoms with van der Waals surface area (Å²) in [6.07, 6.45) is 1.51. The molecule has 1 aromatic carbocycles. The number of aliphatic carboxylic acids is 1. The summed E-state index contributed by atoms with van der Waals surface area (Å²) in [4.78, 5) is 22.4. The molecule has 2 rings (SSSR count). The highest BCUT2D eigenvalue weighted by Gasteiger charge is 2.51. The molecule has 0 radical (unpaired) electrons. The smallest absolute Gasteiger partial charge is 0.322 e. The Labute approximate surface area is 105 Å². The van der Waals surface area contributed by atoms with Crippen molar-refractivity contribution in [1.29, 1.82) is 0 Å². The van der Waals surface area contributed by atoms with Crippen LogP contribution in [-0.4, -0.2) is 30.6 Å². The number of hydrogen-bond donors (Lipinski definition) is 2. The Morgan fingerprint density at radius 1 is 1.33 bits per heavy atom. The summed E-state index contributed by atoms with van der Waals surface area (Å²) >= 11 is 0. The third kappa shape index (κ3) is 2.30. The lowest BCUT2D eigenvalue weighted by molar-refractivity contribution is -0.138. The van der Waals surface area contributed by atoms with Gasteiger partial charge in [0.1, 0.15) is 12.3 Å². The van der Waals surface area contributed by atoms with Gasteiger partial charge in [-0.25, -0.2) is 0 Å². The minimum absolute atomic E-state index is 0.213. The Kier molecular flexibility index (Phi) is 3.23. The Bertz CT molecular complexity index is 462. The Hall–Kier alpha value is -2.04. The van der Waals surface area contributed by atoms with Crippen molar-refractivity contribution < 1.29 is 19.4 Å². The molecule has 0 aromatic heterocycles. The number of rotatable bonds is 5. The van der Waals surface area contributed by atoms with Gasteiger partial charge in [-0.3, -0.25) is 9.59 Å². The van der Waals surface area contributed by atoms with Gasteiger partial charge in [-0.2, -0.15) is 0 Å². The molecule has 0 atom stereocenters. The van der Waals surface area contributed by atoms with Gasteiger partial charge in [0, 0.05) is 0 Å². The largest absolute Gasteiger partial charge is 0.497 e. The van der Waals surface area contributed by atoms with Gasteiger partial charge in [-0.05, 0) is 30.5 Å². The minimum atomic E-state index is -1.03. The highest BCUT2D eigenvalue weighted by molar-refractivity contribution is 5.93. The van der Waals surface area contributed by atoms with Crippen LogP contribution >= 0.6 is 0 Å². The van der Waals surface area contributed by atoms with Crippen molar-refractivity contribution in [3.63, 3.8) is 0 Å². The lowest BCUT2D eigenvalue weighted by Crippen LogP contribution is -2.37. The fraction of sp³-hybridized carbons (Fsp3) is 0.385. The molecule has 1 aliphatic rings. The first-order valence-corrected chi connectivity index (χ1v) is 5.73. The predicted octanol–water partition coefficient (Wildman–Crippen LogP) is 0.928. The van der Waals surface area contributed by atoms with Gasteiger partial charge >= 0.3 is 5.97 Å². The molecule has 96 valence electrons. The van der Waals surface area contributed by atoms with Crippen LogP contribution < -0.4 is 10.1 Å². The van der Waals surface area contributed by atoms with Gasteiger partial charge in [-0.1, -0.05) is 12.1 Å². The molecule has 1 saturated carbocycles. The van der Waals surface area contributed by atoms with Crippen molar-refractivity contribution in [2.75, 3.05) is 13.7 Å². The molecule has 1 fully saturated rings. The van der Waals surface area contributed by atoms with Crippen LogP contribution in [0.4, 0.5) is 0 Å². The molecule has 0 bridgehead atoms. The molecular formula is C13H15NO4. The molecule has 1 aliphatic carbocycles. The van der Waals surface area contributed by atoms with Gasteiger partial charge in [0.05, 0.1) is 12.5 Å². The molecule has 0 heterocycles. The molecule has 0 aliphatic heterocycles. The van der Waals surface area contributed by atoms with Crippen molar-refractivity contribution in [2.45, 2.75) is 18.3 Å². The second-order valence-corrected chi connectivity index (χ2v) is 4.39. The number of nitrogens with one attached hydrogen (secondary N) is 1. The average molecular weight is 249 g/mol. The van der Waals surface area contributed by atoms with E-state index in [1.165, 1.54) is 0 Å². The highest BCUT2D eigenvalue weighted by atomic mass is 16.5. The van der Waals surface area contributed by atoms with E-state index in [9.17, 15) is 9.59 Å². The highest BCUT2D eigenvalue weighted by Crippen LogP contribution is 2.48. The third-order valence-electron chi connectivity index (χ3n) is 3.23. The first-order valence-electron chi connectivity index (χ1n) is 5.73. The molecule has 2 N–H and O–H groups in total. The van der Waals surface area contributed by atoms with Gasteiger partial charge in [0.2, 0.25) is 5.91 Å². The number of ether oxygens (including phenoxy) is 1. The Morgan fingerprint density at radius 2 is 1.94 bits per heavy atom. The maximum Gasteiger partial charge on any atom is 0.322 e. The summed E-state index contributed by atoms with van der Waals surface area (Å²) in [6.45, 7) is -0.337. The first kappa shape index (κ1) is 12.4. The lowest BCUT2D eigenvalue weighted by atomic mass is 9.95. The van der Waals surface area contributed by atoms with Crippen molar-refractivity contribution in [3.8, 4) is 5.75 Å². The molecule has 0 spiro atoms. The summed E-state index contributed by atoms with van der Waals surface area (Å²) < 4.78 is 5.06. The minimum Gasteiger partial charge on any atom is -0.497 e. The second-order valence-electron chi connectivity index (χ2n) is 4.39. The number of carbonyl (C=O) groups is 2. The van der Waals surface area contributed by atoms with Crippen LogP contribution in [-0.2, 0) is 15.0 Å². The number of carbonyl (C=O) groups excluding carboxylic acids is 1. The molecule has 5 nitrogen and oxygen atoms in total. The fourth-order valence-corrected chi connectivity index (χ4v) is 2.01. The number of amides is 1. The summed E-state index contributed by atoms with van der Waals surface area (Å²) in [6, 6.07) is 7.32. The van der Waals surface area contributed by atoms with E-state index in [-0.39, 0.29) is 12.5 Å². The number of carboxylic acid groups (broad SMARTS) is 1. The molecule has 1 aromatic rings. The van der Waals surface area contributed by atoms with Gasteiger partial charge in [-0.15, -0.1) is 0 Å². The Balaban J connectivity index is 2.10. The van der Waals surface area contributed by atoms with Crippen LogP contribution in [0.3, 0.4) is 0 Å². The number of carboxylic acids is 1. The topological polar surface area (TPSA) is 75.6 Å². The van der Waals surface area contributed by atoms with E-state index in [0.717, 1.165) is 24.2 Å². The summed E-state index contributed by atoms with van der Waals surface area (Å²) in [7, 11) is 1.58. The quantitative estimate of drug-likeness (QED) is 0.814. The van der Waals surface area contributed by atoms with Crippen molar-refractivity contribution >= 4 is 11.9 Å². The van der Waals surface area contributed by atoms with E-state index in [2.05, 4.69) is 5.32 Å². The number of methoxy groups -OCH3 is 1. The number of benzene rings is 1. The molecule has 0 saturated heterocycles. The SMILES string of the molecule is COc1ccc(C2(C(=O)NCC(=O)O)CC2)cc1. The van der Waals surface area contributed by atoms with Crippen LogP contribution in [0.2, 0.25) is 0 Å². The van der Waals surface area contributed by atoms with E-state index in [1.807, 2.05) is 12.1 Å². The molecule has 18 heavy (non-hydrogen) atoms. The zero-order valence-corrected chi connectivity index (χ0v) is 10.1. The van der Waals surface area contributed by atoms with Gasteiger partial charge in [0.25, 0.3) is 0 Å². The zero-order valence-electron chi connectivity index (χ0n) is 10.1. The predicted molar refractivity (Wildman–Crippen MR) is 64.6 cm³/mol. The van der Waals surface area contributed by atoms with Crippen molar-refractivity contribution in [3.05, 3.63) is 29.8 Å². The maximum atomic E-state index is 12.0. The standard InChI is InChI=1S/C13H15NO4/c1-18-10-4-2-9(3-5-10)13(6-7-13)12(17)14-8-11(15)16/h2-5H,6-8H2,1H3,(H,14,17)(H,15,16). The van der Waals surface area contributed by atoms with E-state index in [1.54, 1.807) is 19.2 Å². The fourth-order valence-electron chi connectivity index (χ4n) is 2.01. The normalized spacial score (nSPS) is 15.8. The van der Waals surface area contributed by atoms with Crippen LogP contribution in [0.5, 0.6) is 5.75 Å². The van der Waals surface area contributed by atoms with E-state index in [0.29, 0.717) is 0 Å². The second kappa shape index (κ2) is 4.68. The van der Waals surface area contributed by atoms with Crippen LogP contribution in [0, 0.1) is 0 Å². The average Bonchev–Trinajstić information content (AvgIpc) is 3.17.